The molecule has 0 spiro atoms. The predicted molar refractivity (Wildman–Crippen MR) is 76.0 cm³/mol. The second-order valence-electron chi connectivity index (χ2n) is 4.57. The van der Waals surface area contributed by atoms with Crippen LogP contribution in [-0.4, -0.2) is 16.9 Å². The number of anilines is 1. The SMILES string of the molecule is CC(CCc1ccco1)NC(=O)c1cc(NN)ccn1. The van der Waals surface area contributed by atoms with E-state index < -0.39 is 0 Å². The van der Waals surface area contributed by atoms with Gasteiger partial charge < -0.3 is 15.2 Å². The molecular weight excluding hydrogens is 256 g/mol. The zero-order valence-corrected chi connectivity index (χ0v) is 11.3. The van der Waals surface area contributed by atoms with E-state index in [1.807, 2.05) is 19.1 Å². The molecule has 2 rings (SSSR count). The van der Waals surface area contributed by atoms with E-state index in [1.165, 1.54) is 6.20 Å². The van der Waals surface area contributed by atoms with Gasteiger partial charge in [0.25, 0.3) is 5.91 Å². The Labute approximate surface area is 117 Å². The monoisotopic (exact) mass is 274 g/mol. The molecule has 2 aromatic rings. The largest absolute Gasteiger partial charge is 0.469 e. The normalized spacial score (nSPS) is 11.9. The molecule has 6 nitrogen and oxygen atoms in total. The van der Waals surface area contributed by atoms with E-state index >= 15 is 0 Å². The van der Waals surface area contributed by atoms with E-state index in [0.29, 0.717) is 11.4 Å². The van der Waals surface area contributed by atoms with Crippen molar-refractivity contribution in [3.63, 3.8) is 0 Å². The number of rotatable bonds is 6. The number of nitrogens with two attached hydrogens (primary N) is 1. The topological polar surface area (TPSA) is 93.2 Å². The Hall–Kier alpha value is -2.34. The molecule has 106 valence electrons. The zero-order valence-electron chi connectivity index (χ0n) is 11.3. The van der Waals surface area contributed by atoms with Gasteiger partial charge in [0.2, 0.25) is 0 Å². The van der Waals surface area contributed by atoms with Crippen LogP contribution in [0.2, 0.25) is 0 Å². The summed E-state index contributed by atoms with van der Waals surface area (Å²) >= 11 is 0. The summed E-state index contributed by atoms with van der Waals surface area (Å²) in [6.07, 6.45) is 4.77. The first-order chi connectivity index (χ1) is 9.69. The van der Waals surface area contributed by atoms with Crippen LogP contribution in [-0.2, 0) is 6.42 Å². The summed E-state index contributed by atoms with van der Waals surface area (Å²) in [7, 11) is 0. The number of nitrogens with zero attached hydrogens (tertiary/aromatic N) is 1. The molecule has 0 bridgehead atoms. The molecule has 0 aliphatic rings. The summed E-state index contributed by atoms with van der Waals surface area (Å²) in [5.74, 6) is 6.00. The first-order valence-corrected chi connectivity index (χ1v) is 6.45. The van der Waals surface area contributed by atoms with Crippen LogP contribution in [0.25, 0.3) is 0 Å². The first kappa shape index (κ1) is 14.1. The lowest BCUT2D eigenvalue weighted by atomic mass is 10.1. The van der Waals surface area contributed by atoms with Gasteiger partial charge in [0.05, 0.1) is 12.0 Å². The number of hydrogen-bond donors (Lipinski definition) is 3. The highest BCUT2D eigenvalue weighted by Gasteiger charge is 2.12. The standard InChI is InChI=1S/C14H18N4O2/c1-10(4-5-12-3-2-8-20-12)17-14(19)13-9-11(18-15)6-7-16-13/h2-3,6-10H,4-5,15H2,1H3,(H,16,18)(H,17,19). The number of hydrogen-bond acceptors (Lipinski definition) is 5. The molecule has 0 aromatic carbocycles. The van der Waals surface area contributed by atoms with E-state index in [9.17, 15) is 4.79 Å². The third kappa shape index (κ3) is 3.83. The zero-order chi connectivity index (χ0) is 14.4. The van der Waals surface area contributed by atoms with Gasteiger partial charge in [-0.15, -0.1) is 0 Å². The average molecular weight is 274 g/mol. The van der Waals surface area contributed by atoms with Crippen molar-refractivity contribution in [2.45, 2.75) is 25.8 Å². The number of carbonyl (C=O) groups excluding carboxylic acids is 1. The van der Waals surface area contributed by atoms with Crippen LogP contribution < -0.4 is 16.6 Å². The second kappa shape index (κ2) is 6.72. The molecule has 0 aliphatic heterocycles. The van der Waals surface area contributed by atoms with Gasteiger partial charge in [0, 0.05) is 18.7 Å². The maximum atomic E-state index is 12.0. The minimum atomic E-state index is -0.214. The Kier molecular flexibility index (Phi) is 4.73. The molecule has 2 aromatic heterocycles. The molecule has 1 unspecified atom stereocenters. The maximum absolute atomic E-state index is 12.0. The van der Waals surface area contributed by atoms with Crippen molar-refractivity contribution >= 4 is 11.6 Å². The Morgan fingerprint density at radius 1 is 1.50 bits per heavy atom. The maximum Gasteiger partial charge on any atom is 0.270 e. The molecule has 0 aliphatic carbocycles. The van der Waals surface area contributed by atoms with E-state index in [0.717, 1.165) is 18.6 Å². The van der Waals surface area contributed by atoms with E-state index in [4.69, 9.17) is 10.3 Å². The van der Waals surface area contributed by atoms with Crippen molar-refractivity contribution in [1.29, 1.82) is 0 Å². The van der Waals surface area contributed by atoms with Crippen LogP contribution in [0.4, 0.5) is 5.69 Å². The van der Waals surface area contributed by atoms with Crippen LogP contribution in [0.5, 0.6) is 0 Å². The fraction of sp³-hybridized carbons (Fsp3) is 0.286. The molecule has 0 radical (unpaired) electrons. The number of hydrazine groups is 1. The van der Waals surface area contributed by atoms with Gasteiger partial charge in [0.15, 0.2) is 0 Å². The smallest absolute Gasteiger partial charge is 0.270 e. The van der Waals surface area contributed by atoms with Gasteiger partial charge in [-0.3, -0.25) is 15.6 Å². The predicted octanol–water partition coefficient (Wildman–Crippen LogP) is 1.71. The van der Waals surface area contributed by atoms with Crippen molar-refractivity contribution in [3.05, 3.63) is 48.2 Å². The molecule has 2 heterocycles. The third-order valence-corrected chi connectivity index (χ3v) is 2.94. The Bertz CT molecular complexity index is 554. The summed E-state index contributed by atoms with van der Waals surface area (Å²) in [5.41, 5.74) is 3.47. The van der Waals surface area contributed by atoms with Crippen molar-refractivity contribution in [2.75, 3.05) is 5.43 Å². The number of amides is 1. The van der Waals surface area contributed by atoms with E-state index in [2.05, 4.69) is 15.7 Å². The fourth-order valence-electron chi connectivity index (χ4n) is 1.83. The van der Waals surface area contributed by atoms with Crippen LogP contribution in [0.1, 0.15) is 29.6 Å². The van der Waals surface area contributed by atoms with Crippen LogP contribution >= 0.6 is 0 Å². The molecule has 6 heteroatoms. The summed E-state index contributed by atoms with van der Waals surface area (Å²) in [4.78, 5) is 16.0. The Morgan fingerprint density at radius 3 is 3.05 bits per heavy atom. The van der Waals surface area contributed by atoms with Crippen molar-refractivity contribution in [1.82, 2.24) is 10.3 Å². The highest BCUT2D eigenvalue weighted by atomic mass is 16.3. The lowest BCUT2D eigenvalue weighted by Gasteiger charge is -2.13. The van der Waals surface area contributed by atoms with Gasteiger partial charge in [-0.05, 0) is 37.6 Å². The molecule has 4 N–H and O–H groups in total. The third-order valence-electron chi connectivity index (χ3n) is 2.94. The number of aryl methyl sites for hydroxylation is 1. The van der Waals surface area contributed by atoms with Crippen molar-refractivity contribution in [3.8, 4) is 0 Å². The van der Waals surface area contributed by atoms with Gasteiger partial charge >= 0.3 is 0 Å². The lowest BCUT2D eigenvalue weighted by Crippen LogP contribution is -2.33. The number of nitrogens with one attached hydrogen (secondary N) is 2. The number of carbonyl (C=O) groups is 1. The summed E-state index contributed by atoms with van der Waals surface area (Å²) in [6, 6.07) is 7.11. The van der Waals surface area contributed by atoms with Crippen molar-refractivity contribution in [2.24, 2.45) is 5.84 Å². The fourth-order valence-corrected chi connectivity index (χ4v) is 1.83. The number of aromatic nitrogens is 1. The van der Waals surface area contributed by atoms with Gasteiger partial charge in [0.1, 0.15) is 11.5 Å². The molecule has 1 atom stereocenters. The number of pyridine rings is 1. The van der Waals surface area contributed by atoms with Gasteiger partial charge in [-0.1, -0.05) is 0 Å². The quantitative estimate of drug-likeness (QED) is 0.551. The molecule has 0 saturated carbocycles. The van der Waals surface area contributed by atoms with Crippen LogP contribution in [0.15, 0.2) is 41.1 Å². The highest BCUT2D eigenvalue weighted by Crippen LogP contribution is 2.08. The average Bonchev–Trinajstić information content (AvgIpc) is 2.98. The van der Waals surface area contributed by atoms with E-state index in [1.54, 1.807) is 18.4 Å². The minimum absolute atomic E-state index is 0.0314. The minimum Gasteiger partial charge on any atom is -0.469 e. The highest BCUT2D eigenvalue weighted by molar-refractivity contribution is 5.93. The summed E-state index contributed by atoms with van der Waals surface area (Å²) in [6.45, 7) is 1.95. The number of nitrogen functional groups attached to an aromatic ring is 1. The van der Waals surface area contributed by atoms with Crippen molar-refractivity contribution < 1.29 is 9.21 Å². The van der Waals surface area contributed by atoms with E-state index in [-0.39, 0.29) is 11.9 Å². The molecule has 0 saturated heterocycles. The molecular formula is C14H18N4O2. The summed E-state index contributed by atoms with van der Waals surface area (Å²) < 4.78 is 5.26. The summed E-state index contributed by atoms with van der Waals surface area (Å²) in [5, 5.41) is 2.90. The van der Waals surface area contributed by atoms with Crippen LogP contribution in [0.3, 0.4) is 0 Å². The lowest BCUT2D eigenvalue weighted by molar-refractivity contribution is 0.0933. The Balaban J connectivity index is 1.86. The van der Waals surface area contributed by atoms with Crippen LogP contribution in [0, 0.1) is 0 Å². The first-order valence-electron chi connectivity index (χ1n) is 6.45. The number of furan rings is 1. The molecule has 20 heavy (non-hydrogen) atoms. The van der Waals surface area contributed by atoms with Gasteiger partial charge in [-0.25, -0.2) is 0 Å². The molecule has 1 amide bonds. The van der Waals surface area contributed by atoms with Gasteiger partial charge in [-0.2, -0.15) is 0 Å². The Morgan fingerprint density at radius 2 is 2.35 bits per heavy atom. The second-order valence-corrected chi connectivity index (χ2v) is 4.57. The molecule has 0 fully saturated rings.